The summed E-state index contributed by atoms with van der Waals surface area (Å²) in [5.41, 5.74) is 0.976. The van der Waals surface area contributed by atoms with Gasteiger partial charge in [-0.2, -0.15) is 0 Å². The van der Waals surface area contributed by atoms with Crippen molar-refractivity contribution in [1.82, 2.24) is 10.2 Å². The SMILES string of the molecule is CC(C)CNC(=O)[C@H](Cc1ccccc1)N(Cc1ccccc1F)C(=O)CN(c1ccc(F)cc1)S(=O)(=O)c1ccccc1. The molecule has 0 heterocycles. The molecule has 230 valence electrons. The van der Waals surface area contributed by atoms with E-state index in [0.717, 1.165) is 22.0 Å². The Labute approximate surface area is 257 Å². The van der Waals surface area contributed by atoms with E-state index >= 15 is 0 Å². The van der Waals surface area contributed by atoms with Crippen LogP contribution in [0.3, 0.4) is 0 Å². The quantitative estimate of drug-likeness (QED) is 0.212. The first-order chi connectivity index (χ1) is 21.1. The van der Waals surface area contributed by atoms with Crippen molar-refractivity contribution in [3.05, 3.63) is 132 Å². The van der Waals surface area contributed by atoms with Crippen LogP contribution in [0, 0.1) is 17.6 Å². The summed E-state index contributed by atoms with van der Waals surface area (Å²) in [5, 5.41) is 2.89. The van der Waals surface area contributed by atoms with E-state index in [9.17, 15) is 26.8 Å². The van der Waals surface area contributed by atoms with Crippen LogP contribution in [0.1, 0.15) is 25.0 Å². The Morgan fingerprint density at radius 1 is 0.795 bits per heavy atom. The van der Waals surface area contributed by atoms with Gasteiger partial charge < -0.3 is 10.2 Å². The topological polar surface area (TPSA) is 86.8 Å². The molecule has 0 fully saturated rings. The number of anilines is 1. The van der Waals surface area contributed by atoms with Crippen LogP contribution in [0.25, 0.3) is 0 Å². The third-order valence-corrected chi connectivity index (χ3v) is 8.77. The van der Waals surface area contributed by atoms with Crippen molar-refractivity contribution in [1.29, 1.82) is 0 Å². The number of amides is 2. The van der Waals surface area contributed by atoms with E-state index in [1.165, 1.54) is 47.4 Å². The zero-order valence-electron chi connectivity index (χ0n) is 24.6. The number of carbonyl (C=O) groups excluding carboxylic acids is 2. The summed E-state index contributed by atoms with van der Waals surface area (Å²) in [6.07, 6.45) is 0.104. The summed E-state index contributed by atoms with van der Waals surface area (Å²) in [7, 11) is -4.31. The van der Waals surface area contributed by atoms with Crippen molar-refractivity contribution in [3.63, 3.8) is 0 Å². The minimum absolute atomic E-state index is 0.0540. The summed E-state index contributed by atoms with van der Waals surface area (Å²) in [6.45, 7) is 3.20. The first kappa shape index (κ1) is 32.3. The van der Waals surface area contributed by atoms with Gasteiger partial charge >= 0.3 is 0 Å². The smallest absolute Gasteiger partial charge is 0.264 e. The van der Waals surface area contributed by atoms with Gasteiger partial charge in [0.1, 0.15) is 24.2 Å². The van der Waals surface area contributed by atoms with E-state index in [1.807, 2.05) is 44.2 Å². The lowest BCUT2D eigenvalue weighted by atomic mass is 10.0. The van der Waals surface area contributed by atoms with Crippen LogP contribution in [-0.2, 0) is 32.6 Å². The van der Waals surface area contributed by atoms with Gasteiger partial charge in [-0.15, -0.1) is 0 Å². The molecular weight excluding hydrogens is 584 g/mol. The fraction of sp³-hybridized carbons (Fsp3) is 0.235. The number of hydrogen-bond acceptors (Lipinski definition) is 4. The molecule has 7 nitrogen and oxygen atoms in total. The van der Waals surface area contributed by atoms with Crippen LogP contribution < -0.4 is 9.62 Å². The maximum Gasteiger partial charge on any atom is 0.264 e. The third-order valence-electron chi connectivity index (χ3n) is 6.98. The van der Waals surface area contributed by atoms with Gasteiger partial charge in [0.25, 0.3) is 10.0 Å². The minimum Gasteiger partial charge on any atom is -0.354 e. The molecule has 0 radical (unpaired) electrons. The molecule has 10 heteroatoms. The molecule has 2 amide bonds. The summed E-state index contributed by atoms with van der Waals surface area (Å²) < 4.78 is 57.4. The second-order valence-corrected chi connectivity index (χ2v) is 12.6. The Hall–Kier alpha value is -4.57. The summed E-state index contributed by atoms with van der Waals surface area (Å²) in [4.78, 5) is 29.2. The second kappa shape index (κ2) is 14.7. The Kier molecular flexibility index (Phi) is 10.8. The molecule has 1 N–H and O–H groups in total. The molecule has 0 bridgehead atoms. The number of sulfonamides is 1. The van der Waals surface area contributed by atoms with Gasteiger partial charge in [-0.05, 0) is 53.9 Å². The van der Waals surface area contributed by atoms with E-state index in [-0.39, 0.29) is 35.0 Å². The van der Waals surface area contributed by atoms with E-state index in [1.54, 1.807) is 24.3 Å². The van der Waals surface area contributed by atoms with Crippen molar-refractivity contribution >= 4 is 27.5 Å². The van der Waals surface area contributed by atoms with Crippen molar-refractivity contribution in [2.45, 2.75) is 37.8 Å². The van der Waals surface area contributed by atoms with Crippen LogP contribution in [-0.4, -0.2) is 44.3 Å². The monoisotopic (exact) mass is 619 g/mol. The number of rotatable bonds is 13. The summed E-state index contributed by atoms with van der Waals surface area (Å²) in [6, 6.07) is 26.2. The molecule has 0 aliphatic heterocycles. The van der Waals surface area contributed by atoms with Crippen LogP contribution >= 0.6 is 0 Å². The Morgan fingerprint density at radius 2 is 1.39 bits per heavy atom. The first-order valence-electron chi connectivity index (χ1n) is 14.2. The highest BCUT2D eigenvalue weighted by Gasteiger charge is 2.35. The molecule has 4 aromatic rings. The number of nitrogens with zero attached hydrogens (tertiary/aromatic N) is 2. The third kappa shape index (κ3) is 8.29. The van der Waals surface area contributed by atoms with E-state index < -0.39 is 46.1 Å². The molecule has 0 aliphatic carbocycles. The van der Waals surface area contributed by atoms with Crippen LogP contribution in [0.4, 0.5) is 14.5 Å². The second-order valence-electron chi connectivity index (χ2n) is 10.8. The molecule has 4 rings (SSSR count). The fourth-order valence-electron chi connectivity index (χ4n) is 4.64. The first-order valence-corrected chi connectivity index (χ1v) is 15.7. The Morgan fingerprint density at radius 3 is 2.00 bits per heavy atom. The summed E-state index contributed by atoms with van der Waals surface area (Å²) in [5.74, 6) is -2.22. The van der Waals surface area contributed by atoms with E-state index in [0.29, 0.717) is 6.54 Å². The van der Waals surface area contributed by atoms with Crippen molar-refractivity contribution < 1.29 is 26.8 Å². The molecule has 4 aromatic carbocycles. The maximum absolute atomic E-state index is 15.0. The van der Waals surface area contributed by atoms with Gasteiger partial charge in [0.2, 0.25) is 11.8 Å². The van der Waals surface area contributed by atoms with Crippen LogP contribution in [0.5, 0.6) is 0 Å². The number of halogens is 2. The predicted octanol–water partition coefficient (Wildman–Crippen LogP) is 5.57. The number of benzene rings is 4. The fourth-order valence-corrected chi connectivity index (χ4v) is 6.08. The van der Waals surface area contributed by atoms with Gasteiger partial charge in [-0.1, -0.05) is 80.6 Å². The Bertz CT molecular complexity index is 1650. The predicted molar refractivity (Wildman–Crippen MR) is 166 cm³/mol. The molecule has 0 aromatic heterocycles. The largest absolute Gasteiger partial charge is 0.354 e. The lowest BCUT2D eigenvalue weighted by Crippen LogP contribution is -2.53. The van der Waals surface area contributed by atoms with Crippen molar-refractivity contribution in [2.75, 3.05) is 17.4 Å². The molecular formula is C34H35F2N3O4S. The molecule has 0 unspecified atom stereocenters. The Balaban J connectivity index is 1.79. The van der Waals surface area contributed by atoms with Gasteiger partial charge in [-0.3, -0.25) is 13.9 Å². The van der Waals surface area contributed by atoms with E-state index in [4.69, 9.17) is 0 Å². The van der Waals surface area contributed by atoms with E-state index in [2.05, 4.69) is 5.32 Å². The van der Waals surface area contributed by atoms with Crippen LogP contribution in [0.15, 0.2) is 114 Å². The average molecular weight is 620 g/mol. The zero-order valence-corrected chi connectivity index (χ0v) is 25.4. The summed E-state index contributed by atoms with van der Waals surface area (Å²) >= 11 is 0. The van der Waals surface area contributed by atoms with Crippen LogP contribution in [0.2, 0.25) is 0 Å². The molecule has 0 saturated carbocycles. The molecule has 44 heavy (non-hydrogen) atoms. The van der Waals surface area contributed by atoms with Gasteiger partial charge in [0.15, 0.2) is 0 Å². The minimum atomic E-state index is -4.31. The van der Waals surface area contributed by atoms with Crippen molar-refractivity contribution in [3.8, 4) is 0 Å². The zero-order chi connectivity index (χ0) is 31.7. The average Bonchev–Trinajstić information content (AvgIpc) is 3.02. The highest BCUT2D eigenvalue weighted by atomic mass is 32.2. The van der Waals surface area contributed by atoms with Crippen molar-refractivity contribution in [2.24, 2.45) is 5.92 Å². The standard InChI is InChI=1S/C34H35F2N3O4S/c1-25(2)22-37-34(41)32(21-26-11-5-3-6-12-26)38(23-27-13-9-10-16-31(27)36)33(40)24-39(29-19-17-28(35)18-20-29)44(42,43)30-14-7-4-8-15-30/h3-20,25,32H,21-24H2,1-2H3,(H,37,41)/t32-/m0/s1. The molecule has 0 saturated heterocycles. The molecule has 1 atom stereocenters. The van der Waals surface area contributed by atoms with Gasteiger partial charge in [-0.25, -0.2) is 17.2 Å². The molecule has 0 aliphatic rings. The maximum atomic E-state index is 15.0. The highest BCUT2D eigenvalue weighted by Crippen LogP contribution is 2.25. The highest BCUT2D eigenvalue weighted by molar-refractivity contribution is 7.92. The lowest BCUT2D eigenvalue weighted by molar-refractivity contribution is -0.140. The lowest BCUT2D eigenvalue weighted by Gasteiger charge is -2.34. The van der Waals surface area contributed by atoms with Gasteiger partial charge in [0, 0.05) is 25.1 Å². The number of carbonyl (C=O) groups is 2. The number of hydrogen-bond donors (Lipinski definition) is 1. The normalized spacial score (nSPS) is 12.0. The van der Waals surface area contributed by atoms with Gasteiger partial charge in [0.05, 0.1) is 10.6 Å². The molecule has 0 spiro atoms. The number of nitrogens with one attached hydrogen (secondary N) is 1.